The molecule has 1 atom stereocenters. The minimum atomic E-state index is -0.422. The van der Waals surface area contributed by atoms with E-state index in [0.29, 0.717) is 16.4 Å². The first-order chi connectivity index (χ1) is 14.4. The molecule has 0 unspecified atom stereocenters. The van der Waals surface area contributed by atoms with Gasteiger partial charge >= 0.3 is 0 Å². The van der Waals surface area contributed by atoms with Crippen molar-refractivity contribution in [1.82, 2.24) is 19.7 Å². The summed E-state index contributed by atoms with van der Waals surface area (Å²) in [6.07, 6.45) is 4.47. The van der Waals surface area contributed by atoms with Gasteiger partial charge in [0, 0.05) is 32.2 Å². The maximum absolute atomic E-state index is 12.9. The van der Waals surface area contributed by atoms with Crippen molar-refractivity contribution in [3.63, 3.8) is 0 Å². The summed E-state index contributed by atoms with van der Waals surface area (Å²) < 4.78 is 1.75. The molecule has 6 N–H and O–H groups in total. The van der Waals surface area contributed by atoms with Crippen LogP contribution in [0.3, 0.4) is 0 Å². The molecule has 0 radical (unpaired) electrons. The number of nitrogens with two attached hydrogens (primary N) is 2. The third kappa shape index (κ3) is 4.07. The fraction of sp³-hybridized carbons (Fsp3) is 0.368. The highest BCUT2D eigenvalue weighted by Crippen LogP contribution is 2.31. The van der Waals surface area contributed by atoms with Crippen LogP contribution < -0.4 is 27.2 Å². The zero-order valence-corrected chi connectivity index (χ0v) is 17.4. The highest BCUT2D eigenvalue weighted by Gasteiger charge is 2.24. The summed E-state index contributed by atoms with van der Waals surface area (Å²) >= 11 is 1.15. The monoisotopic (exact) mass is 428 g/mol. The van der Waals surface area contributed by atoms with Crippen LogP contribution in [-0.2, 0) is 7.05 Å². The molecule has 0 bridgehead atoms. The van der Waals surface area contributed by atoms with Gasteiger partial charge in [-0.2, -0.15) is 5.10 Å². The van der Waals surface area contributed by atoms with E-state index in [2.05, 4.69) is 25.3 Å². The van der Waals surface area contributed by atoms with Gasteiger partial charge in [-0.3, -0.25) is 14.3 Å². The summed E-state index contributed by atoms with van der Waals surface area (Å²) in [7, 11) is 1.84. The lowest BCUT2D eigenvalue weighted by Crippen LogP contribution is -2.29. The summed E-state index contributed by atoms with van der Waals surface area (Å²) in [6, 6.07) is 4.94. The fourth-order valence-electron chi connectivity index (χ4n) is 3.59. The third-order valence-electron chi connectivity index (χ3n) is 5.10. The van der Waals surface area contributed by atoms with Crippen LogP contribution in [0.4, 0.5) is 16.5 Å². The van der Waals surface area contributed by atoms with Gasteiger partial charge in [-0.15, -0.1) is 0 Å². The molecule has 4 rings (SSSR count). The number of aromatic nitrogens is 4. The smallest absolute Gasteiger partial charge is 0.277 e. The maximum Gasteiger partial charge on any atom is 0.277 e. The first-order valence-electron chi connectivity index (χ1n) is 9.72. The summed E-state index contributed by atoms with van der Waals surface area (Å²) in [4.78, 5) is 33.7. The number of anilines is 3. The SMILES string of the molecule is Cn1ncc(NC(=O)c2nc(-c3cccc(=O)[nH]3)sc2N)c1N1CCC[C@H](N)CC1. The summed E-state index contributed by atoms with van der Waals surface area (Å²) in [5, 5.41) is 7.96. The van der Waals surface area contributed by atoms with Gasteiger partial charge in [0.25, 0.3) is 5.91 Å². The molecule has 1 aliphatic heterocycles. The second kappa shape index (κ2) is 8.28. The Labute approximate surface area is 176 Å². The zero-order chi connectivity index (χ0) is 21.3. The van der Waals surface area contributed by atoms with Crippen LogP contribution in [0.2, 0.25) is 0 Å². The molecule has 1 fully saturated rings. The first-order valence-corrected chi connectivity index (χ1v) is 10.5. The minimum absolute atomic E-state index is 0.118. The van der Waals surface area contributed by atoms with Crippen LogP contribution in [0.25, 0.3) is 10.7 Å². The Hall–Kier alpha value is -3.18. The number of amides is 1. The predicted octanol–water partition coefficient (Wildman–Crippen LogP) is 1.38. The Morgan fingerprint density at radius 3 is 2.97 bits per heavy atom. The van der Waals surface area contributed by atoms with Crippen LogP contribution >= 0.6 is 11.3 Å². The van der Waals surface area contributed by atoms with E-state index in [1.807, 2.05) is 7.05 Å². The number of nitrogen functional groups attached to an aromatic ring is 1. The first kappa shape index (κ1) is 20.1. The van der Waals surface area contributed by atoms with Crippen LogP contribution in [0.1, 0.15) is 29.8 Å². The van der Waals surface area contributed by atoms with Crippen LogP contribution in [0.5, 0.6) is 0 Å². The number of nitrogens with one attached hydrogen (secondary N) is 2. The molecule has 10 nitrogen and oxygen atoms in total. The van der Waals surface area contributed by atoms with E-state index >= 15 is 0 Å². The van der Waals surface area contributed by atoms with Crippen molar-refractivity contribution in [2.24, 2.45) is 12.8 Å². The Morgan fingerprint density at radius 1 is 1.33 bits per heavy atom. The quantitative estimate of drug-likeness (QED) is 0.491. The lowest BCUT2D eigenvalue weighted by Gasteiger charge is -2.24. The Bertz CT molecular complexity index is 1120. The number of nitrogens with zero attached hydrogens (tertiary/aromatic N) is 4. The van der Waals surface area contributed by atoms with Crippen molar-refractivity contribution >= 4 is 33.8 Å². The highest BCUT2D eigenvalue weighted by atomic mass is 32.1. The van der Waals surface area contributed by atoms with E-state index in [9.17, 15) is 9.59 Å². The zero-order valence-electron chi connectivity index (χ0n) is 16.6. The molecule has 0 aliphatic carbocycles. The molecule has 1 saturated heterocycles. The Balaban J connectivity index is 1.57. The molecule has 1 amide bonds. The normalized spacial score (nSPS) is 17.0. The molecule has 11 heteroatoms. The molecule has 0 spiro atoms. The molecule has 0 saturated carbocycles. The summed E-state index contributed by atoms with van der Waals surface area (Å²) in [5.41, 5.74) is 13.1. The topological polar surface area (TPSA) is 148 Å². The molecular weight excluding hydrogens is 404 g/mol. The number of H-pyrrole nitrogens is 1. The van der Waals surface area contributed by atoms with Gasteiger partial charge in [-0.05, 0) is 25.3 Å². The Kier molecular flexibility index (Phi) is 5.55. The molecule has 0 aromatic carbocycles. The van der Waals surface area contributed by atoms with Crippen molar-refractivity contribution in [3.8, 4) is 10.7 Å². The molecule has 158 valence electrons. The van der Waals surface area contributed by atoms with E-state index in [1.165, 1.54) is 6.07 Å². The van der Waals surface area contributed by atoms with Gasteiger partial charge in [0.15, 0.2) is 11.5 Å². The van der Waals surface area contributed by atoms with Crippen molar-refractivity contribution in [2.75, 3.05) is 29.0 Å². The largest absolute Gasteiger partial charge is 0.389 e. The second-order valence-corrected chi connectivity index (χ2v) is 8.33. The number of pyridine rings is 1. The standard InChI is InChI=1S/C19H24N8O2S/c1-26-19(27-8-3-4-11(20)7-9-27)13(10-22-26)24-17(29)15-16(21)30-18(25-15)12-5-2-6-14(28)23-12/h2,5-6,10-11H,3-4,7-9,20-21H2,1H3,(H,23,28)(H,24,29)/t11-/m0/s1. The number of carbonyl (C=O) groups excluding carboxylic acids is 1. The van der Waals surface area contributed by atoms with Crippen molar-refractivity contribution in [1.29, 1.82) is 0 Å². The Morgan fingerprint density at radius 2 is 2.17 bits per heavy atom. The van der Waals surface area contributed by atoms with Gasteiger partial charge < -0.3 is 26.7 Å². The van der Waals surface area contributed by atoms with Crippen LogP contribution in [0.15, 0.2) is 29.2 Å². The van der Waals surface area contributed by atoms with E-state index in [1.54, 1.807) is 23.0 Å². The summed E-state index contributed by atoms with van der Waals surface area (Å²) in [5.74, 6) is 0.410. The summed E-state index contributed by atoms with van der Waals surface area (Å²) in [6.45, 7) is 1.65. The number of rotatable bonds is 4. The van der Waals surface area contributed by atoms with Gasteiger partial charge in [0.1, 0.15) is 15.7 Å². The molecule has 30 heavy (non-hydrogen) atoms. The van der Waals surface area contributed by atoms with Gasteiger partial charge in [-0.25, -0.2) is 4.98 Å². The number of aromatic amines is 1. The maximum atomic E-state index is 12.9. The number of aryl methyl sites for hydroxylation is 1. The van der Waals surface area contributed by atoms with Gasteiger partial charge in [0.2, 0.25) is 5.56 Å². The average Bonchev–Trinajstić information content (AvgIpc) is 3.20. The lowest BCUT2D eigenvalue weighted by molar-refractivity contribution is 0.102. The van der Waals surface area contributed by atoms with Gasteiger partial charge in [-0.1, -0.05) is 17.4 Å². The number of hydrogen-bond donors (Lipinski definition) is 4. The molecular formula is C19H24N8O2S. The molecule has 4 heterocycles. The third-order valence-corrected chi connectivity index (χ3v) is 6.01. The van der Waals surface area contributed by atoms with E-state index in [4.69, 9.17) is 11.5 Å². The predicted molar refractivity (Wildman–Crippen MR) is 118 cm³/mol. The second-order valence-electron chi connectivity index (χ2n) is 7.30. The lowest BCUT2D eigenvalue weighted by atomic mass is 10.1. The average molecular weight is 429 g/mol. The van der Waals surface area contributed by atoms with Gasteiger partial charge in [0.05, 0.1) is 11.9 Å². The van der Waals surface area contributed by atoms with Crippen LogP contribution in [0, 0.1) is 0 Å². The minimum Gasteiger partial charge on any atom is -0.389 e. The number of carbonyl (C=O) groups is 1. The number of thiazole rings is 1. The highest BCUT2D eigenvalue weighted by molar-refractivity contribution is 7.19. The molecule has 3 aromatic heterocycles. The van der Waals surface area contributed by atoms with Crippen molar-refractivity contribution < 1.29 is 4.79 Å². The van der Waals surface area contributed by atoms with Crippen molar-refractivity contribution in [2.45, 2.75) is 25.3 Å². The van der Waals surface area contributed by atoms with E-state index < -0.39 is 5.91 Å². The number of hydrogen-bond acceptors (Lipinski definition) is 8. The van der Waals surface area contributed by atoms with E-state index in [0.717, 1.165) is 49.5 Å². The fourth-order valence-corrected chi connectivity index (χ4v) is 4.40. The molecule has 1 aliphatic rings. The van der Waals surface area contributed by atoms with E-state index in [-0.39, 0.29) is 22.3 Å². The van der Waals surface area contributed by atoms with Crippen molar-refractivity contribution in [3.05, 3.63) is 40.4 Å². The van der Waals surface area contributed by atoms with Crippen LogP contribution in [-0.4, -0.2) is 44.8 Å². The molecule has 3 aromatic rings.